The molecule has 3 aliphatic heterocycles. The summed E-state index contributed by atoms with van der Waals surface area (Å²) < 4.78 is 11.0. The number of aryl methyl sites for hydroxylation is 1. The van der Waals surface area contributed by atoms with E-state index in [2.05, 4.69) is 19.8 Å². The van der Waals surface area contributed by atoms with Crippen LogP contribution in [0, 0.1) is 6.92 Å². The first-order valence-electron chi connectivity index (χ1n) is 9.19. The molecule has 25 heavy (non-hydrogen) atoms. The lowest BCUT2D eigenvalue weighted by molar-refractivity contribution is 0.0362. The summed E-state index contributed by atoms with van der Waals surface area (Å²) in [5.74, 6) is 0. The number of fused-ring (bicyclic) bond motifs is 1. The monoisotopic (exact) mass is 349 g/mol. The summed E-state index contributed by atoms with van der Waals surface area (Å²) in [6.07, 6.45) is 2.57. The molecular weight excluding hydrogens is 322 g/mol. The van der Waals surface area contributed by atoms with Crippen LogP contribution in [0.15, 0.2) is 6.33 Å². The number of carbonyl (C=O) groups is 1. The minimum Gasteiger partial charge on any atom is -0.442 e. The smallest absolute Gasteiger partial charge is 0.410 e. The zero-order valence-corrected chi connectivity index (χ0v) is 14.8. The molecule has 4 heterocycles. The maximum absolute atomic E-state index is 12.2. The average molecular weight is 349 g/mol. The molecule has 0 spiro atoms. The molecule has 0 bridgehead atoms. The van der Waals surface area contributed by atoms with Gasteiger partial charge in [0.05, 0.1) is 31.3 Å². The predicted octanol–water partition coefficient (Wildman–Crippen LogP) is 0.445. The molecule has 3 fully saturated rings. The van der Waals surface area contributed by atoms with Crippen LogP contribution in [-0.4, -0.2) is 95.4 Å². The summed E-state index contributed by atoms with van der Waals surface area (Å²) in [6, 6.07) is 0.177. The maximum atomic E-state index is 12.2. The van der Waals surface area contributed by atoms with Gasteiger partial charge in [0.1, 0.15) is 6.10 Å². The highest BCUT2D eigenvalue weighted by atomic mass is 16.6. The summed E-state index contributed by atoms with van der Waals surface area (Å²) in [4.78, 5) is 26.3. The number of imidazole rings is 1. The molecule has 1 N–H and O–H groups in total. The average Bonchev–Trinajstić information content (AvgIpc) is 3.26. The Bertz CT molecular complexity index is 601. The molecule has 1 aromatic heterocycles. The fraction of sp³-hybridized carbons (Fsp3) is 0.765. The minimum atomic E-state index is -0.146. The molecule has 0 aromatic carbocycles. The van der Waals surface area contributed by atoms with E-state index in [1.54, 1.807) is 6.33 Å². The highest BCUT2D eigenvalue weighted by Gasteiger charge is 2.47. The lowest BCUT2D eigenvalue weighted by atomic mass is 10.2. The zero-order chi connectivity index (χ0) is 17.2. The van der Waals surface area contributed by atoms with Crippen LogP contribution in [0.25, 0.3) is 0 Å². The van der Waals surface area contributed by atoms with Gasteiger partial charge in [-0.1, -0.05) is 0 Å². The summed E-state index contributed by atoms with van der Waals surface area (Å²) in [6.45, 7) is 9.91. The molecule has 3 saturated heterocycles. The Hall–Kier alpha value is -1.64. The maximum Gasteiger partial charge on any atom is 0.410 e. The molecule has 3 aliphatic rings. The lowest BCUT2D eigenvalue weighted by Crippen LogP contribution is -2.41. The number of aromatic nitrogens is 2. The van der Waals surface area contributed by atoms with Crippen molar-refractivity contribution in [1.29, 1.82) is 0 Å². The molecule has 2 atom stereocenters. The van der Waals surface area contributed by atoms with Gasteiger partial charge >= 0.3 is 6.09 Å². The van der Waals surface area contributed by atoms with Crippen molar-refractivity contribution in [3.63, 3.8) is 0 Å². The van der Waals surface area contributed by atoms with Crippen LogP contribution in [0.1, 0.15) is 17.8 Å². The van der Waals surface area contributed by atoms with Crippen LogP contribution in [0.4, 0.5) is 4.79 Å². The van der Waals surface area contributed by atoms with Crippen molar-refractivity contribution in [3.05, 3.63) is 17.7 Å². The molecule has 8 heteroatoms. The normalized spacial score (nSPS) is 27.7. The Kier molecular flexibility index (Phi) is 4.91. The largest absolute Gasteiger partial charge is 0.442 e. The summed E-state index contributed by atoms with van der Waals surface area (Å²) in [5, 5.41) is 0. The number of carbonyl (C=O) groups excluding carboxylic acids is 1. The Morgan fingerprint density at radius 1 is 1.24 bits per heavy atom. The molecule has 0 radical (unpaired) electrons. The molecular formula is C17H27N5O3. The minimum absolute atomic E-state index is 0.00450. The lowest BCUT2D eigenvalue weighted by Gasteiger charge is -2.28. The van der Waals surface area contributed by atoms with Crippen molar-refractivity contribution in [3.8, 4) is 0 Å². The molecule has 138 valence electrons. The van der Waals surface area contributed by atoms with Crippen LogP contribution >= 0.6 is 0 Å². The number of ether oxygens (including phenoxy) is 2. The van der Waals surface area contributed by atoms with Gasteiger partial charge in [-0.25, -0.2) is 9.78 Å². The van der Waals surface area contributed by atoms with Crippen molar-refractivity contribution in [2.24, 2.45) is 0 Å². The quantitative estimate of drug-likeness (QED) is 0.804. The number of rotatable bonds is 6. The van der Waals surface area contributed by atoms with Crippen LogP contribution in [0.3, 0.4) is 0 Å². The molecule has 1 aromatic rings. The molecule has 1 amide bonds. The van der Waals surface area contributed by atoms with E-state index in [1.165, 1.54) is 0 Å². The van der Waals surface area contributed by atoms with Crippen molar-refractivity contribution < 1.29 is 14.3 Å². The van der Waals surface area contributed by atoms with Gasteiger partial charge in [0.15, 0.2) is 0 Å². The molecule has 4 rings (SSSR count). The van der Waals surface area contributed by atoms with Crippen LogP contribution in [0.2, 0.25) is 0 Å². The van der Waals surface area contributed by atoms with E-state index >= 15 is 0 Å². The van der Waals surface area contributed by atoms with Crippen LogP contribution < -0.4 is 0 Å². The summed E-state index contributed by atoms with van der Waals surface area (Å²) in [7, 11) is 0. The number of hydrogen-bond donors (Lipinski definition) is 1. The van der Waals surface area contributed by atoms with Crippen molar-refractivity contribution in [2.45, 2.75) is 32.0 Å². The van der Waals surface area contributed by atoms with Gasteiger partial charge in [0.2, 0.25) is 0 Å². The third kappa shape index (κ3) is 3.65. The number of likely N-dealkylation sites (tertiary alicyclic amines) is 1. The van der Waals surface area contributed by atoms with E-state index in [-0.39, 0.29) is 18.2 Å². The number of amides is 1. The van der Waals surface area contributed by atoms with Crippen LogP contribution in [-0.2, 0) is 16.0 Å². The molecule has 0 saturated carbocycles. The fourth-order valence-corrected chi connectivity index (χ4v) is 4.01. The Balaban J connectivity index is 1.28. The molecule has 0 unspecified atom stereocenters. The second-order valence-corrected chi connectivity index (χ2v) is 7.16. The van der Waals surface area contributed by atoms with E-state index in [1.807, 2.05) is 11.8 Å². The topological polar surface area (TPSA) is 73.9 Å². The van der Waals surface area contributed by atoms with Gasteiger partial charge in [-0.3, -0.25) is 9.80 Å². The number of nitrogens with one attached hydrogen (secondary N) is 1. The van der Waals surface area contributed by atoms with Gasteiger partial charge in [-0.2, -0.15) is 0 Å². The highest BCUT2D eigenvalue weighted by molar-refractivity contribution is 5.71. The van der Waals surface area contributed by atoms with E-state index in [0.717, 1.165) is 76.8 Å². The number of aromatic amines is 1. The van der Waals surface area contributed by atoms with Crippen molar-refractivity contribution >= 4 is 6.09 Å². The van der Waals surface area contributed by atoms with Gasteiger partial charge < -0.3 is 19.4 Å². The first kappa shape index (κ1) is 16.8. The number of nitrogens with zero attached hydrogens (tertiary/aromatic N) is 4. The number of hydrogen-bond acceptors (Lipinski definition) is 6. The standard InChI is InChI=1S/C17H27N5O3/c1-13-14(19-12-18-13)9-21-10-15-16(11-21)25-17(23)22(15)4-2-3-20-5-7-24-8-6-20/h12,15-16H,2-11H2,1H3,(H,18,19)/t15-,16+/m1/s1. The SMILES string of the molecule is Cc1[nH]cnc1CN1C[C@@H]2OC(=O)N(CCCN3CCOCC3)[C@@H]2C1. The van der Waals surface area contributed by atoms with E-state index in [9.17, 15) is 4.79 Å². The van der Waals surface area contributed by atoms with Crippen molar-refractivity contribution in [1.82, 2.24) is 24.7 Å². The third-order valence-corrected chi connectivity index (χ3v) is 5.48. The Morgan fingerprint density at radius 3 is 2.84 bits per heavy atom. The highest BCUT2D eigenvalue weighted by Crippen LogP contribution is 2.28. The van der Waals surface area contributed by atoms with Crippen molar-refractivity contribution in [2.75, 3.05) is 52.5 Å². The molecule has 8 nitrogen and oxygen atoms in total. The van der Waals surface area contributed by atoms with Gasteiger partial charge in [-0.15, -0.1) is 0 Å². The fourth-order valence-electron chi connectivity index (χ4n) is 4.01. The molecule has 0 aliphatic carbocycles. The first-order chi connectivity index (χ1) is 12.2. The van der Waals surface area contributed by atoms with Gasteiger partial charge in [0.25, 0.3) is 0 Å². The summed E-state index contributed by atoms with van der Waals surface area (Å²) in [5.41, 5.74) is 2.18. The van der Waals surface area contributed by atoms with Gasteiger partial charge in [-0.05, 0) is 13.3 Å². The number of morpholine rings is 1. The number of H-pyrrole nitrogens is 1. The Labute approximate surface area is 148 Å². The predicted molar refractivity (Wildman–Crippen MR) is 91.2 cm³/mol. The van der Waals surface area contributed by atoms with E-state index in [4.69, 9.17) is 9.47 Å². The summed E-state index contributed by atoms with van der Waals surface area (Å²) >= 11 is 0. The Morgan fingerprint density at radius 2 is 2.08 bits per heavy atom. The third-order valence-electron chi connectivity index (χ3n) is 5.48. The van der Waals surface area contributed by atoms with E-state index < -0.39 is 0 Å². The van der Waals surface area contributed by atoms with Crippen LogP contribution in [0.5, 0.6) is 0 Å². The second-order valence-electron chi connectivity index (χ2n) is 7.16. The van der Waals surface area contributed by atoms with Gasteiger partial charge in [0, 0.05) is 51.5 Å². The zero-order valence-electron chi connectivity index (χ0n) is 14.8. The van der Waals surface area contributed by atoms with E-state index in [0.29, 0.717) is 0 Å². The second kappa shape index (κ2) is 7.31. The first-order valence-corrected chi connectivity index (χ1v) is 9.19.